The quantitative estimate of drug-likeness (QED) is 0.608. The van der Waals surface area contributed by atoms with E-state index in [0.29, 0.717) is 24.7 Å². The summed E-state index contributed by atoms with van der Waals surface area (Å²) in [4.78, 5) is 0. The van der Waals surface area contributed by atoms with Crippen LogP contribution in [0.4, 0.5) is 0 Å². The molecule has 2 heteroatoms. The van der Waals surface area contributed by atoms with Crippen LogP contribution in [-0.4, -0.2) is 10.7 Å². The number of hydrogen-bond acceptors (Lipinski definition) is 2. The summed E-state index contributed by atoms with van der Waals surface area (Å²) in [5, 5.41) is 18.5. The molecule has 2 unspecified atom stereocenters. The summed E-state index contributed by atoms with van der Waals surface area (Å²) in [6.45, 7) is 4.32. The Balaban J connectivity index is 2.58. The molecule has 12 heavy (non-hydrogen) atoms. The first-order valence-corrected chi connectivity index (χ1v) is 4.71. The number of aliphatic hydroxyl groups is 1. The minimum atomic E-state index is -1.02. The van der Waals surface area contributed by atoms with Gasteiger partial charge in [-0.3, -0.25) is 0 Å². The zero-order chi connectivity index (χ0) is 9.19. The second kappa shape index (κ2) is 3.45. The topological polar surface area (TPSA) is 44.0 Å². The standard InChI is InChI=1S/C10H17NO/c1-8(2)9-4-3-5-10(12,6-9)7-11/h8-9,12H,3-6H2,1-2H3. The maximum absolute atomic E-state index is 9.74. The molecule has 2 nitrogen and oxygen atoms in total. The third-order valence-electron chi connectivity index (χ3n) is 2.92. The van der Waals surface area contributed by atoms with Crippen molar-refractivity contribution in [3.63, 3.8) is 0 Å². The van der Waals surface area contributed by atoms with Gasteiger partial charge in [-0.05, 0) is 37.5 Å². The molecule has 0 aromatic rings. The molecule has 0 spiro atoms. The molecule has 1 rings (SSSR count). The van der Waals surface area contributed by atoms with Crippen molar-refractivity contribution in [3.8, 4) is 6.07 Å². The second-order valence-corrected chi connectivity index (χ2v) is 4.24. The summed E-state index contributed by atoms with van der Waals surface area (Å²) < 4.78 is 0. The van der Waals surface area contributed by atoms with E-state index in [1.165, 1.54) is 6.42 Å². The predicted octanol–water partition coefficient (Wildman–Crippen LogP) is 2.09. The fourth-order valence-electron chi connectivity index (χ4n) is 1.97. The van der Waals surface area contributed by atoms with Crippen molar-refractivity contribution in [3.05, 3.63) is 0 Å². The van der Waals surface area contributed by atoms with Crippen LogP contribution in [-0.2, 0) is 0 Å². The molecule has 68 valence electrons. The van der Waals surface area contributed by atoms with E-state index in [9.17, 15) is 5.11 Å². The Labute approximate surface area is 74.2 Å². The Hall–Kier alpha value is -0.550. The summed E-state index contributed by atoms with van der Waals surface area (Å²) >= 11 is 0. The average molecular weight is 167 g/mol. The van der Waals surface area contributed by atoms with Crippen LogP contribution in [0.3, 0.4) is 0 Å². The van der Waals surface area contributed by atoms with Gasteiger partial charge < -0.3 is 5.11 Å². The van der Waals surface area contributed by atoms with E-state index >= 15 is 0 Å². The van der Waals surface area contributed by atoms with E-state index in [4.69, 9.17) is 5.26 Å². The summed E-state index contributed by atoms with van der Waals surface area (Å²) in [5.41, 5.74) is -1.02. The molecule has 0 amide bonds. The lowest BCUT2D eigenvalue weighted by molar-refractivity contribution is 0.0241. The van der Waals surface area contributed by atoms with Crippen molar-refractivity contribution in [1.82, 2.24) is 0 Å². The summed E-state index contributed by atoms with van der Waals surface area (Å²) in [6.07, 6.45) is 3.49. The first kappa shape index (κ1) is 9.54. The minimum Gasteiger partial charge on any atom is -0.375 e. The molecule has 0 saturated heterocycles. The number of nitriles is 1. The molecule has 0 aliphatic heterocycles. The first-order chi connectivity index (χ1) is 5.57. The molecule has 0 bridgehead atoms. The van der Waals surface area contributed by atoms with E-state index < -0.39 is 5.60 Å². The molecule has 1 aliphatic carbocycles. The van der Waals surface area contributed by atoms with Crippen LogP contribution in [0.25, 0.3) is 0 Å². The Morgan fingerprint density at radius 3 is 2.75 bits per heavy atom. The molecule has 0 radical (unpaired) electrons. The highest BCUT2D eigenvalue weighted by molar-refractivity contribution is 5.03. The monoisotopic (exact) mass is 167 g/mol. The lowest BCUT2D eigenvalue weighted by atomic mass is 9.74. The van der Waals surface area contributed by atoms with Gasteiger partial charge >= 0.3 is 0 Å². The van der Waals surface area contributed by atoms with Crippen molar-refractivity contribution in [2.24, 2.45) is 11.8 Å². The van der Waals surface area contributed by atoms with Crippen LogP contribution in [0.15, 0.2) is 0 Å². The van der Waals surface area contributed by atoms with E-state index in [-0.39, 0.29) is 0 Å². The second-order valence-electron chi connectivity index (χ2n) is 4.24. The van der Waals surface area contributed by atoms with Crippen molar-refractivity contribution >= 4 is 0 Å². The number of hydrogen-bond donors (Lipinski definition) is 1. The van der Waals surface area contributed by atoms with Gasteiger partial charge in [-0.2, -0.15) is 5.26 Å². The van der Waals surface area contributed by atoms with Gasteiger partial charge in [0.25, 0.3) is 0 Å². The maximum atomic E-state index is 9.74. The number of nitrogens with zero attached hydrogens (tertiary/aromatic N) is 1. The molecule has 0 aromatic heterocycles. The molecule has 0 aromatic carbocycles. The lowest BCUT2D eigenvalue weighted by Gasteiger charge is -2.33. The van der Waals surface area contributed by atoms with Crippen molar-refractivity contribution in [1.29, 1.82) is 5.26 Å². The molecular formula is C10H17NO. The fraction of sp³-hybridized carbons (Fsp3) is 0.900. The van der Waals surface area contributed by atoms with Crippen molar-refractivity contribution in [2.45, 2.75) is 45.1 Å². The largest absolute Gasteiger partial charge is 0.375 e. The lowest BCUT2D eigenvalue weighted by Crippen LogP contribution is -2.35. The van der Waals surface area contributed by atoms with Gasteiger partial charge in [-0.1, -0.05) is 13.8 Å². The minimum absolute atomic E-state index is 0.531. The normalized spacial score (nSPS) is 36.4. The van der Waals surface area contributed by atoms with Gasteiger partial charge in [0, 0.05) is 0 Å². The summed E-state index contributed by atoms with van der Waals surface area (Å²) in [5.74, 6) is 1.12. The van der Waals surface area contributed by atoms with Gasteiger partial charge in [0.2, 0.25) is 0 Å². The van der Waals surface area contributed by atoms with Crippen LogP contribution in [0.1, 0.15) is 39.5 Å². The third-order valence-corrected chi connectivity index (χ3v) is 2.92. The Bertz CT molecular complexity index is 195. The molecule has 0 heterocycles. The van der Waals surface area contributed by atoms with Crippen molar-refractivity contribution < 1.29 is 5.11 Å². The summed E-state index contributed by atoms with van der Waals surface area (Å²) in [7, 11) is 0. The van der Waals surface area contributed by atoms with Gasteiger partial charge in [-0.25, -0.2) is 0 Å². The van der Waals surface area contributed by atoms with E-state index in [1.54, 1.807) is 0 Å². The molecule has 1 N–H and O–H groups in total. The van der Waals surface area contributed by atoms with Gasteiger partial charge in [0.1, 0.15) is 0 Å². The molecule has 1 saturated carbocycles. The smallest absolute Gasteiger partial charge is 0.151 e. The van der Waals surface area contributed by atoms with Gasteiger partial charge in [0.15, 0.2) is 5.60 Å². The van der Waals surface area contributed by atoms with Crippen LogP contribution in [0, 0.1) is 23.2 Å². The Morgan fingerprint density at radius 2 is 2.25 bits per heavy atom. The first-order valence-electron chi connectivity index (χ1n) is 4.71. The van der Waals surface area contributed by atoms with E-state index in [1.807, 2.05) is 6.07 Å². The zero-order valence-electron chi connectivity index (χ0n) is 7.88. The van der Waals surface area contributed by atoms with Crippen LogP contribution in [0.2, 0.25) is 0 Å². The number of rotatable bonds is 1. The van der Waals surface area contributed by atoms with E-state index in [2.05, 4.69) is 13.8 Å². The highest BCUT2D eigenvalue weighted by atomic mass is 16.3. The maximum Gasteiger partial charge on any atom is 0.151 e. The SMILES string of the molecule is CC(C)C1CCCC(O)(C#N)C1. The molecule has 1 fully saturated rings. The predicted molar refractivity (Wildman–Crippen MR) is 47.4 cm³/mol. The molecular weight excluding hydrogens is 150 g/mol. The highest BCUT2D eigenvalue weighted by Gasteiger charge is 2.35. The molecule has 2 atom stereocenters. The van der Waals surface area contributed by atoms with Crippen LogP contribution in [0.5, 0.6) is 0 Å². The van der Waals surface area contributed by atoms with E-state index in [0.717, 1.165) is 6.42 Å². The highest BCUT2D eigenvalue weighted by Crippen LogP contribution is 2.35. The van der Waals surface area contributed by atoms with Crippen molar-refractivity contribution in [2.75, 3.05) is 0 Å². The molecule has 1 aliphatic rings. The zero-order valence-corrected chi connectivity index (χ0v) is 7.88. The van der Waals surface area contributed by atoms with Gasteiger partial charge in [-0.15, -0.1) is 0 Å². The van der Waals surface area contributed by atoms with Crippen LogP contribution >= 0.6 is 0 Å². The Morgan fingerprint density at radius 1 is 1.58 bits per heavy atom. The fourth-order valence-corrected chi connectivity index (χ4v) is 1.97. The summed E-state index contributed by atoms with van der Waals surface area (Å²) in [6, 6.07) is 2.02. The van der Waals surface area contributed by atoms with Gasteiger partial charge in [0.05, 0.1) is 6.07 Å². The van der Waals surface area contributed by atoms with Crippen LogP contribution < -0.4 is 0 Å². The average Bonchev–Trinajstić information content (AvgIpc) is 2.05. The Kier molecular flexibility index (Phi) is 2.74. The third kappa shape index (κ3) is 1.98.